The molecule has 0 amide bonds. The molecule has 0 aliphatic carbocycles. The highest BCUT2D eigenvalue weighted by Gasteiger charge is 2.24. The summed E-state index contributed by atoms with van der Waals surface area (Å²) in [5.41, 5.74) is 1.45. The van der Waals surface area contributed by atoms with Crippen molar-refractivity contribution in [3.8, 4) is 11.4 Å². The fraction of sp³-hybridized carbons (Fsp3) is 0.300. The van der Waals surface area contributed by atoms with E-state index in [4.69, 9.17) is 4.52 Å². The second-order valence-corrected chi connectivity index (χ2v) is 3.42. The minimum absolute atomic E-state index is 0.197. The molecule has 0 saturated carbocycles. The highest BCUT2D eigenvalue weighted by Crippen LogP contribution is 2.27. The zero-order chi connectivity index (χ0) is 10.1. The highest BCUT2D eigenvalue weighted by atomic mass is 16.5. The summed E-state index contributed by atoms with van der Waals surface area (Å²) in [4.78, 5) is 8.13. The maximum Gasteiger partial charge on any atom is 0.156 e. The lowest BCUT2D eigenvalue weighted by Crippen LogP contribution is -2.27. The molecule has 3 heterocycles. The Kier molecular flexibility index (Phi) is 1.96. The van der Waals surface area contributed by atoms with E-state index in [0.717, 1.165) is 30.1 Å². The van der Waals surface area contributed by atoms with Gasteiger partial charge in [0.05, 0.1) is 12.2 Å². The van der Waals surface area contributed by atoms with E-state index in [1.54, 1.807) is 18.6 Å². The van der Waals surface area contributed by atoms with E-state index >= 15 is 0 Å². The van der Waals surface area contributed by atoms with Gasteiger partial charge < -0.3 is 4.52 Å². The molecule has 1 aliphatic heterocycles. The molecule has 1 aliphatic rings. The number of aromatic nitrogens is 3. The lowest BCUT2D eigenvalue weighted by Gasteiger charge is -2.21. The van der Waals surface area contributed by atoms with Crippen LogP contribution in [0.4, 0.5) is 0 Å². The Bertz CT molecular complexity index is 449. The topological polar surface area (TPSA) is 65.9 Å². The Hall–Kier alpha value is -1.75. The molecule has 1 radical (unpaired) electrons. The Morgan fingerprint density at radius 1 is 1.27 bits per heavy atom. The van der Waals surface area contributed by atoms with Gasteiger partial charge in [-0.1, -0.05) is 5.16 Å². The van der Waals surface area contributed by atoms with Crippen molar-refractivity contribution in [2.45, 2.75) is 12.5 Å². The van der Waals surface area contributed by atoms with Crippen molar-refractivity contribution >= 4 is 0 Å². The van der Waals surface area contributed by atoms with Crippen LogP contribution in [0.25, 0.3) is 11.4 Å². The van der Waals surface area contributed by atoms with Crippen LogP contribution < -0.4 is 5.32 Å². The molecular weight excluding hydrogens is 192 g/mol. The molecule has 1 fully saturated rings. The zero-order valence-corrected chi connectivity index (χ0v) is 8.00. The first kappa shape index (κ1) is 8.55. The number of hydrogen-bond acceptors (Lipinski definition) is 4. The average molecular weight is 201 g/mol. The zero-order valence-electron chi connectivity index (χ0n) is 8.00. The molecule has 0 aromatic carbocycles. The minimum atomic E-state index is 0.197. The van der Waals surface area contributed by atoms with Crippen molar-refractivity contribution in [2.24, 2.45) is 0 Å². The number of nitrogens with zero attached hydrogens (tertiary/aromatic N) is 4. The van der Waals surface area contributed by atoms with Crippen LogP contribution in [0.5, 0.6) is 0 Å². The lowest BCUT2D eigenvalue weighted by atomic mass is 10.0. The summed E-state index contributed by atoms with van der Waals surface area (Å²) < 4.78 is 5.21. The molecule has 1 atom stereocenters. The Labute approximate surface area is 86.5 Å². The quantitative estimate of drug-likeness (QED) is 0.731. The van der Waals surface area contributed by atoms with Gasteiger partial charge in [0, 0.05) is 25.0 Å². The van der Waals surface area contributed by atoms with Gasteiger partial charge in [0.25, 0.3) is 0 Å². The van der Waals surface area contributed by atoms with Gasteiger partial charge in [-0.15, -0.1) is 0 Å². The third-order valence-corrected chi connectivity index (χ3v) is 2.43. The smallest absolute Gasteiger partial charge is 0.156 e. The van der Waals surface area contributed by atoms with Crippen LogP contribution in [-0.4, -0.2) is 21.7 Å². The van der Waals surface area contributed by atoms with Crippen LogP contribution in [-0.2, 0) is 0 Å². The first-order valence-electron chi connectivity index (χ1n) is 4.83. The molecular formula is C10H9N4O. The fourth-order valence-electron chi connectivity index (χ4n) is 1.49. The first-order chi connectivity index (χ1) is 7.43. The summed E-state index contributed by atoms with van der Waals surface area (Å²) in [6, 6.07) is 2.08. The molecule has 5 heteroatoms. The second kappa shape index (κ2) is 3.43. The normalized spacial score (nSPS) is 19.9. The first-order valence-corrected chi connectivity index (χ1v) is 4.83. The van der Waals surface area contributed by atoms with E-state index in [0.29, 0.717) is 0 Å². The van der Waals surface area contributed by atoms with Gasteiger partial charge in [-0.3, -0.25) is 9.97 Å². The summed E-state index contributed by atoms with van der Waals surface area (Å²) in [5.74, 6) is 0.821. The fourth-order valence-corrected chi connectivity index (χ4v) is 1.49. The molecule has 15 heavy (non-hydrogen) atoms. The van der Waals surface area contributed by atoms with Crippen molar-refractivity contribution in [1.29, 1.82) is 0 Å². The maximum atomic E-state index is 5.21. The van der Waals surface area contributed by atoms with Gasteiger partial charge in [0.2, 0.25) is 0 Å². The summed E-state index contributed by atoms with van der Waals surface area (Å²) in [7, 11) is 0. The largest absolute Gasteiger partial charge is 0.359 e. The van der Waals surface area contributed by atoms with E-state index in [-0.39, 0.29) is 6.04 Å². The van der Waals surface area contributed by atoms with Gasteiger partial charge in [0.1, 0.15) is 11.4 Å². The van der Waals surface area contributed by atoms with Gasteiger partial charge in [-0.25, -0.2) is 5.32 Å². The van der Waals surface area contributed by atoms with Crippen LogP contribution in [0.1, 0.15) is 18.2 Å². The SMILES string of the molecule is c1cnc(-c2cc(C3CC[N]3)on2)cn1. The van der Waals surface area contributed by atoms with Crippen molar-refractivity contribution in [3.05, 3.63) is 30.4 Å². The van der Waals surface area contributed by atoms with Gasteiger partial charge in [0.15, 0.2) is 5.76 Å². The molecule has 2 aromatic rings. The molecule has 3 rings (SSSR count). The van der Waals surface area contributed by atoms with Crippen LogP contribution in [0.15, 0.2) is 29.2 Å². The Morgan fingerprint density at radius 3 is 2.87 bits per heavy atom. The number of rotatable bonds is 2. The van der Waals surface area contributed by atoms with Gasteiger partial charge in [-0.05, 0) is 6.42 Å². The van der Waals surface area contributed by atoms with Crippen molar-refractivity contribution in [1.82, 2.24) is 20.4 Å². The summed E-state index contributed by atoms with van der Waals surface area (Å²) in [6.45, 7) is 0.922. The lowest BCUT2D eigenvalue weighted by molar-refractivity contribution is 0.276. The highest BCUT2D eigenvalue weighted by molar-refractivity contribution is 5.52. The standard InChI is InChI=1S/C10H9N4O/c1-2-12-7(1)10-5-8(14-15-10)9-6-11-3-4-13-9/h3-7H,1-2H2. The summed E-state index contributed by atoms with van der Waals surface area (Å²) >= 11 is 0. The van der Waals surface area contributed by atoms with Gasteiger partial charge in [-0.2, -0.15) is 0 Å². The molecule has 1 saturated heterocycles. The van der Waals surface area contributed by atoms with Crippen molar-refractivity contribution in [2.75, 3.05) is 6.54 Å². The molecule has 0 bridgehead atoms. The molecule has 0 N–H and O–H groups in total. The summed E-state index contributed by atoms with van der Waals surface area (Å²) in [5, 5.41) is 8.23. The van der Waals surface area contributed by atoms with E-state index in [1.807, 2.05) is 6.07 Å². The molecule has 5 nitrogen and oxygen atoms in total. The van der Waals surface area contributed by atoms with E-state index in [9.17, 15) is 0 Å². The molecule has 2 aromatic heterocycles. The Balaban J connectivity index is 1.90. The van der Waals surface area contributed by atoms with E-state index in [1.165, 1.54) is 0 Å². The molecule has 1 unspecified atom stereocenters. The maximum absolute atomic E-state index is 5.21. The van der Waals surface area contributed by atoms with Crippen molar-refractivity contribution < 1.29 is 4.52 Å². The van der Waals surface area contributed by atoms with Crippen LogP contribution in [0.3, 0.4) is 0 Å². The van der Waals surface area contributed by atoms with E-state index in [2.05, 4.69) is 20.4 Å². The monoisotopic (exact) mass is 201 g/mol. The molecule has 0 spiro atoms. The van der Waals surface area contributed by atoms with Crippen molar-refractivity contribution in [3.63, 3.8) is 0 Å². The summed E-state index contributed by atoms with van der Waals surface area (Å²) in [6.07, 6.45) is 5.98. The number of hydrogen-bond donors (Lipinski definition) is 0. The predicted octanol–water partition coefficient (Wildman–Crippen LogP) is 1.18. The van der Waals surface area contributed by atoms with Crippen LogP contribution in [0, 0.1) is 0 Å². The van der Waals surface area contributed by atoms with Crippen LogP contribution >= 0.6 is 0 Å². The predicted molar refractivity (Wildman–Crippen MR) is 51.9 cm³/mol. The third-order valence-electron chi connectivity index (χ3n) is 2.43. The Morgan fingerprint density at radius 2 is 2.20 bits per heavy atom. The van der Waals surface area contributed by atoms with Gasteiger partial charge >= 0.3 is 0 Å². The molecule has 75 valence electrons. The minimum Gasteiger partial charge on any atom is -0.359 e. The second-order valence-electron chi connectivity index (χ2n) is 3.42. The third kappa shape index (κ3) is 1.50. The van der Waals surface area contributed by atoms with E-state index < -0.39 is 0 Å². The van der Waals surface area contributed by atoms with Crippen LogP contribution in [0.2, 0.25) is 0 Å². The average Bonchev–Trinajstić information content (AvgIpc) is 2.66.